The van der Waals surface area contributed by atoms with Crippen LogP contribution >= 0.6 is 0 Å². The van der Waals surface area contributed by atoms with E-state index in [0.29, 0.717) is 18.5 Å². The van der Waals surface area contributed by atoms with Crippen molar-refractivity contribution in [2.45, 2.75) is 18.6 Å². The maximum Gasteiger partial charge on any atom is 0.433 e. The lowest BCUT2D eigenvalue weighted by Gasteiger charge is -2.15. The first-order valence-corrected chi connectivity index (χ1v) is 7.23. The Morgan fingerprint density at radius 2 is 2.12 bits per heavy atom. The molecular formula is C15H14F3N5O. The van der Waals surface area contributed by atoms with Crippen molar-refractivity contribution in [2.24, 2.45) is 0 Å². The van der Waals surface area contributed by atoms with Gasteiger partial charge in [-0.2, -0.15) is 13.2 Å². The fourth-order valence-corrected chi connectivity index (χ4v) is 2.43. The second-order valence-corrected chi connectivity index (χ2v) is 5.45. The number of aromatic nitrogens is 3. The van der Waals surface area contributed by atoms with Crippen molar-refractivity contribution in [3.8, 4) is 11.4 Å². The third-order valence-corrected chi connectivity index (χ3v) is 3.69. The van der Waals surface area contributed by atoms with Crippen molar-refractivity contribution in [1.82, 2.24) is 19.9 Å². The molecule has 1 unspecified atom stereocenters. The van der Waals surface area contributed by atoms with Crippen LogP contribution in [0.2, 0.25) is 0 Å². The molecule has 1 saturated heterocycles. The fraction of sp³-hybridized carbons (Fsp3) is 0.333. The van der Waals surface area contributed by atoms with Crippen LogP contribution in [0, 0.1) is 0 Å². The number of likely N-dealkylation sites (tertiary alicyclic amines) is 1. The van der Waals surface area contributed by atoms with Gasteiger partial charge in [-0.25, -0.2) is 9.97 Å². The van der Waals surface area contributed by atoms with E-state index in [9.17, 15) is 18.0 Å². The molecular weight excluding hydrogens is 323 g/mol. The lowest BCUT2D eigenvalue weighted by atomic mass is 10.2. The normalized spacial score (nSPS) is 18.1. The molecule has 0 aromatic carbocycles. The molecule has 3 heterocycles. The van der Waals surface area contributed by atoms with Crippen LogP contribution in [0.3, 0.4) is 0 Å². The van der Waals surface area contributed by atoms with Gasteiger partial charge < -0.3 is 10.2 Å². The Morgan fingerprint density at radius 1 is 1.33 bits per heavy atom. The summed E-state index contributed by atoms with van der Waals surface area (Å²) in [7, 11) is 1.65. The third-order valence-electron chi connectivity index (χ3n) is 3.69. The van der Waals surface area contributed by atoms with Crippen molar-refractivity contribution in [1.29, 1.82) is 0 Å². The van der Waals surface area contributed by atoms with E-state index in [4.69, 9.17) is 0 Å². The van der Waals surface area contributed by atoms with E-state index in [-0.39, 0.29) is 17.5 Å². The van der Waals surface area contributed by atoms with Gasteiger partial charge in [0.2, 0.25) is 5.91 Å². The Kier molecular flexibility index (Phi) is 4.08. The molecule has 1 atom stereocenters. The molecule has 1 fully saturated rings. The number of pyridine rings is 1. The van der Waals surface area contributed by atoms with Crippen molar-refractivity contribution in [3.05, 3.63) is 36.3 Å². The van der Waals surface area contributed by atoms with E-state index in [1.165, 1.54) is 17.3 Å². The van der Waals surface area contributed by atoms with Crippen LogP contribution in [-0.4, -0.2) is 45.4 Å². The molecule has 9 heteroatoms. The number of amides is 1. The molecule has 0 radical (unpaired) electrons. The quantitative estimate of drug-likeness (QED) is 0.930. The van der Waals surface area contributed by atoms with E-state index >= 15 is 0 Å². The van der Waals surface area contributed by atoms with Crippen LogP contribution in [0.1, 0.15) is 12.1 Å². The highest BCUT2D eigenvalue weighted by molar-refractivity contribution is 5.86. The van der Waals surface area contributed by atoms with Crippen molar-refractivity contribution in [3.63, 3.8) is 0 Å². The summed E-state index contributed by atoms with van der Waals surface area (Å²) in [6.07, 6.45) is -1.23. The average Bonchev–Trinajstić information content (AvgIpc) is 2.87. The number of anilines is 1. The van der Waals surface area contributed by atoms with Gasteiger partial charge in [-0.3, -0.25) is 9.78 Å². The van der Waals surface area contributed by atoms with Gasteiger partial charge in [0.1, 0.15) is 11.9 Å². The monoisotopic (exact) mass is 337 g/mol. The number of likely N-dealkylation sites (N-methyl/N-ethyl adjacent to an activating group) is 1. The predicted octanol–water partition coefficient (Wildman–Crippen LogP) is 2.20. The van der Waals surface area contributed by atoms with Crippen molar-refractivity contribution in [2.75, 3.05) is 18.9 Å². The molecule has 24 heavy (non-hydrogen) atoms. The minimum atomic E-state index is -4.62. The largest absolute Gasteiger partial charge is 0.433 e. The number of hydrogen-bond acceptors (Lipinski definition) is 5. The summed E-state index contributed by atoms with van der Waals surface area (Å²) in [6.45, 7) is 0.545. The molecule has 0 bridgehead atoms. The summed E-state index contributed by atoms with van der Waals surface area (Å²) in [5.74, 6) is -0.311. The zero-order chi connectivity index (χ0) is 17.3. The summed E-state index contributed by atoms with van der Waals surface area (Å²) in [4.78, 5) is 25.0. The highest BCUT2D eigenvalue weighted by atomic mass is 19.4. The van der Waals surface area contributed by atoms with E-state index < -0.39 is 17.9 Å². The van der Waals surface area contributed by atoms with Gasteiger partial charge in [-0.15, -0.1) is 0 Å². The molecule has 6 nitrogen and oxygen atoms in total. The summed E-state index contributed by atoms with van der Waals surface area (Å²) in [5, 5.41) is 2.78. The lowest BCUT2D eigenvalue weighted by molar-refractivity contribution is -0.141. The van der Waals surface area contributed by atoms with Gasteiger partial charge in [0.25, 0.3) is 0 Å². The zero-order valence-corrected chi connectivity index (χ0v) is 12.7. The maximum atomic E-state index is 13.1. The van der Waals surface area contributed by atoms with E-state index in [1.807, 2.05) is 0 Å². The zero-order valence-electron chi connectivity index (χ0n) is 12.7. The van der Waals surface area contributed by atoms with Crippen LogP contribution in [0.15, 0.2) is 30.6 Å². The molecule has 0 saturated carbocycles. The summed E-state index contributed by atoms with van der Waals surface area (Å²) in [6, 6.07) is 3.38. The minimum Gasteiger partial charge on any atom is -0.358 e. The second-order valence-electron chi connectivity index (χ2n) is 5.45. The Labute approximate surface area is 135 Å². The Hall–Kier alpha value is -2.71. The standard InChI is InChI=1S/C15H14F3N5O/c1-23-6-4-10(14(23)24)20-12-7-11(15(16,17)18)21-13(22-12)9-3-2-5-19-8-9/h2-3,5,7-8,10H,4,6H2,1H3,(H,20,21,22). The van der Waals surface area contributed by atoms with Crippen LogP contribution in [0.4, 0.5) is 19.0 Å². The Morgan fingerprint density at radius 3 is 2.71 bits per heavy atom. The molecule has 3 rings (SSSR count). The molecule has 1 aliphatic heterocycles. The number of carbonyl (C=O) groups is 1. The van der Waals surface area contributed by atoms with Crippen LogP contribution in [-0.2, 0) is 11.0 Å². The highest BCUT2D eigenvalue weighted by Crippen LogP contribution is 2.31. The smallest absolute Gasteiger partial charge is 0.358 e. The Bertz CT molecular complexity index is 751. The topological polar surface area (TPSA) is 71.0 Å². The fourth-order valence-electron chi connectivity index (χ4n) is 2.43. The lowest BCUT2D eigenvalue weighted by Crippen LogP contribution is -2.31. The van der Waals surface area contributed by atoms with E-state index in [1.54, 1.807) is 19.2 Å². The first-order valence-electron chi connectivity index (χ1n) is 7.23. The number of hydrogen-bond donors (Lipinski definition) is 1. The number of nitrogens with zero attached hydrogens (tertiary/aromatic N) is 4. The third kappa shape index (κ3) is 3.29. The molecule has 2 aromatic rings. The predicted molar refractivity (Wildman–Crippen MR) is 79.9 cm³/mol. The molecule has 126 valence electrons. The number of alkyl halides is 3. The molecule has 1 N–H and O–H groups in total. The number of halogens is 3. The number of rotatable bonds is 3. The molecule has 0 aliphatic carbocycles. The Balaban J connectivity index is 1.98. The summed E-state index contributed by atoms with van der Waals surface area (Å²) >= 11 is 0. The van der Waals surface area contributed by atoms with Gasteiger partial charge in [0, 0.05) is 37.6 Å². The molecule has 2 aromatic heterocycles. The van der Waals surface area contributed by atoms with Gasteiger partial charge in [0.15, 0.2) is 11.5 Å². The molecule has 0 spiro atoms. The van der Waals surface area contributed by atoms with Crippen LogP contribution in [0.25, 0.3) is 11.4 Å². The van der Waals surface area contributed by atoms with Gasteiger partial charge in [-0.1, -0.05) is 0 Å². The maximum absolute atomic E-state index is 13.1. The van der Waals surface area contributed by atoms with Crippen molar-refractivity contribution < 1.29 is 18.0 Å². The summed E-state index contributed by atoms with van der Waals surface area (Å²) in [5.41, 5.74) is -0.709. The number of carbonyl (C=O) groups excluding carboxylic acids is 1. The van der Waals surface area contributed by atoms with E-state index in [0.717, 1.165) is 6.07 Å². The van der Waals surface area contributed by atoms with Gasteiger partial charge in [0.05, 0.1) is 0 Å². The van der Waals surface area contributed by atoms with Gasteiger partial charge in [-0.05, 0) is 18.6 Å². The van der Waals surface area contributed by atoms with Gasteiger partial charge >= 0.3 is 6.18 Å². The summed E-state index contributed by atoms with van der Waals surface area (Å²) < 4.78 is 39.3. The number of nitrogens with one attached hydrogen (secondary N) is 1. The molecule has 1 amide bonds. The van der Waals surface area contributed by atoms with E-state index in [2.05, 4.69) is 20.3 Å². The first-order chi connectivity index (χ1) is 11.3. The van der Waals surface area contributed by atoms with Crippen molar-refractivity contribution >= 4 is 11.7 Å². The SMILES string of the molecule is CN1CCC(Nc2cc(C(F)(F)F)nc(-c3cccnc3)n2)C1=O. The highest BCUT2D eigenvalue weighted by Gasteiger charge is 2.35. The first kappa shape index (κ1) is 16.2. The minimum absolute atomic E-state index is 0.0372. The average molecular weight is 337 g/mol. The van der Waals surface area contributed by atoms with Crippen LogP contribution < -0.4 is 5.32 Å². The van der Waals surface area contributed by atoms with Crippen LogP contribution in [0.5, 0.6) is 0 Å². The second kappa shape index (κ2) is 6.06. The molecule has 1 aliphatic rings.